The van der Waals surface area contributed by atoms with Crippen molar-refractivity contribution in [2.75, 3.05) is 26.2 Å². The van der Waals surface area contributed by atoms with Gasteiger partial charge in [-0.05, 0) is 26.6 Å². The topological polar surface area (TPSA) is 29.5 Å². The Balaban J connectivity index is 0. The van der Waals surface area contributed by atoms with Gasteiger partial charge in [-0.25, -0.2) is 0 Å². The molecule has 0 saturated carbocycles. The molecule has 0 radical (unpaired) electrons. The smallest absolute Gasteiger partial charge is 0.302 e. The van der Waals surface area contributed by atoms with Gasteiger partial charge in [0.1, 0.15) is 0 Å². The predicted molar refractivity (Wildman–Crippen MR) is 55.8 cm³/mol. The number of rotatable bonds is 4. The molecule has 0 fully saturated rings. The number of carbonyl (C=O) groups excluding carboxylic acids is 1. The Kier molecular flexibility index (Phi) is 13.1. The van der Waals surface area contributed by atoms with Gasteiger partial charge in [-0.15, -0.1) is 0 Å². The molecule has 0 aromatic rings. The molecule has 0 bridgehead atoms. The molecule has 0 rings (SSSR count). The van der Waals surface area contributed by atoms with Crippen LogP contribution in [0, 0.1) is 0 Å². The Morgan fingerprint density at radius 2 is 1.46 bits per heavy atom. The van der Waals surface area contributed by atoms with Crippen molar-refractivity contribution in [3.63, 3.8) is 0 Å². The Morgan fingerprint density at radius 3 is 1.46 bits per heavy atom. The second-order valence-corrected chi connectivity index (χ2v) is 2.54. The van der Waals surface area contributed by atoms with E-state index in [1.165, 1.54) is 26.6 Å². The first-order chi connectivity index (χ1) is 6.12. The van der Waals surface area contributed by atoms with Crippen molar-refractivity contribution in [3.05, 3.63) is 0 Å². The Labute approximate surface area is 82.1 Å². The zero-order valence-corrected chi connectivity index (χ0v) is 9.59. The summed E-state index contributed by atoms with van der Waals surface area (Å²) in [6.07, 6.45) is 0. The molecular formula is C10H23NO2. The molecule has 0 saturated heterocycles. The van der Waals surface area contributed by atoms with E-state index in [1.54, 1.807) is 6.92 Å². The minimum atomic E-state index is -0.211. The normalized spacial score (nSPS) is 9.08. The van der Waals surface area contributed by atoms with Gasteiger partial charge >= 0.3 is 5.97 Å². The summed E-state index contributed by atoms with van der Waals surface area (Å²) in [4.78, 5) is 12.2. The van der Waals surface area contributed by atoms with E-state index in [4.69, 9.17) is 0 Å². The lowest BCUT2D eigenvalue weighted by Gasteiger charge is -2.13. The summed E-state index contributed by atoms with van der Waals surface area (Å²) < 4.78 is 4.40. The van der Waals surface area contributed by atoms with E-state index in [9.17, 15) is 4.79 Å². The van der Waals surface area contributed by atoms with Crippen LogP contribution in [0.25, 0.3) is 0 Å². The van der Waals surface area contributed by atoms with E-state index < -0.39 is 0 Å². The van der Waals surface area contributed by atoms with E-state index >= 15 is 0 Å². The average molecular weight is 189 g/mol. The quantitative estimate of drug-likeness (QED) is 0.633. The molecule has 0 atom stereocenters. The highest BCUT2D eigenvalue weighted by atomic mass is 16.5. The monoisotopic (exact) mass is 189 g/mol. The van der Waals surface area contributed by atoms with Gasteiger partial charge < -0.3 is 9.64 Å². The van der Waals surface area contributed by atoms with E-state index in [-0.39, 0.29) is 5.97 Å². The van der Waals surface area contributed by atoms with Gasteiger partial charge in [0, 0.05) is 6.92 Å². The van der Waals surface area contributed by atoms with E-state index in [2.05, 4.69) is 30.4 Å². The summed E-state index contributed by atoms with van der Waals surface area (Å²) in [5, 5.41) is 0. The SMILES string of the molecule is CCN(CC)CC.CCOC(C)=O. The Morgan fingerprint density at radius 1 is 1.08 bits per heavy atom. The molecule has 13 heavy (non-hydrogen) atoms. The zero-order chi connectivity index (χ0) is 10.7. The summed E-state index contributed by atoms with van der Waals surface area (Å²) in [5.74, 6) is -0.211. The number of ether oxygens (including phenoxy) is 1. The number of carbonyl (C=O) groups is 1. The van der Waals surface area contributed by atoms with Crippen LogP contribution >= 0.6 is 0 Å². The average Bonchev–Trinajstić information content (AvgIpc) is 2.08. The van der Waals surface area contributed by atoms with E-state index in [1.807, 2.05) is 0 Å². The number of nitrogens with zero attached hydrogens (tertiary/aromatic N) is 1. The molecule has 0 spiro atoms. The van der Waals surface area contributed by atoms with E-state index in [0.717, 1.165) is 0 Å². The van der Waals surface area contributed by atoms with Crippen molar-refractivity contribution in [2.24, 2.45) is 0 Å². The summed E-state index contributed by atoms with van der Waals surface area (Å²) >= 11 is 0. The number of hydrogen-bond acceptors (Lipinski definition) is 3. The third-order valence-corrected chi connectivity index (χ3v) is 1.69. The molecule has 0 aliphatic heterocycles. The van der Waals surface area contributed by atoms with Crippen LogP contribution in [0.15, 0.2) is 0 Å². The molecule has 0 aromatic carbocycles. The molecule has 0 unspecified atom stereocenters. The molecule has 0 aliphatic rings. The zero-order valence-electron chi connectivity index (χ0n) is 9.59. The van der Waals surface area contributed by atoms with Crippen LogP contribution < -0.4 is 0 Å². The lowest BCUT2D eigenvalue weighted by Crippen LogP contribution is -2.21. The van der Waals surface area contributed by atoms with Crippen LogP contribution in [0.1, 0.15) is 34.6 Å². The molecular weight excluding hydrogens is 166 g/mol. The summed E-state index contributed by atoms with van der Waals surface area (Å²) in [6.45, 7) is 13.8. The van der Waals surface area contributed by atoms with Gasteiger partial charge in [-0.3, -0.25) is 4.79 Å². The van der Waals surface area contributed by atoms with Gasteiger partial charge in [0.25, 0.3) is 0 Å². The molecule has 0 aliphatic carbocycles. The number of hydrogen-bond donors (Lipinski definition) is 0. The fraction of sp³-hybridized carbons (Fsp3) is 0.900. The van der Waals surface area contributed by atoms with Crippen LogP contribution in [-0.4, -0.2) is 37.1 Å². The fourth-order valence-electron chi connectivity index (χ4n) is 0.874. The second-order valence-electron chi connectivity index (χ2n) is 2.54. The van der Waals surface area contributed by atoms with Crippen molar-refractivity contribution < 1.29 is 9.53 Å². The lowest BCUT2D eigenvalue weighted by molar-refractivity contribution is -0.140. The van der Waals surface area contributed by atoms with Crippen molar-refractivity contribution in [3.8, 4) is 0 Å². The van der Waals surface area contributed by atoms with Crippen molar-refractivity contribution >= 4 is 5.97 Å². The summed E-state index contributed by atoms with van der Waals surface area (Å²) in [7, 11) is 0. The Bertz CT molecular complexity index is 106. The maximum Gasteiger partial charge on any atom is 0.302 e. The second kappa shape index (κ2) is 11.4. The summed E-state index contributed by atoms with van der Waals surface area (Å²) in [5.41, 5.74) is 0. The van der Waals surface area contributed by atoms with Crippen LogP contribution in [0.2, 0.25) is 0 Å². The largest absolute Gasteiger partial charge is 0.466 e. The highest BCUT2D eigenvalue weighted by Crippen LogP contribution is 1.81. The molecule has 0 N–H and O–H groups in total. The highest BCUT2D eigenvalue weighted by molar-refractivity contribution is 5.65. The van der Waals surface area contributed by atoms with Crippen LogP contribution in [0.3, 0.4) is 0 Å². The molecule has 0 aromatic heterocycles. The van der Waals surface area contributed by atoms with E-state index in [0.29, 0.717) is 6.61 Å². The summed E-state index contributed by atoms with van der Waals surface area (Å²) in [6, 6.07) is 0. The maximum atomic E-state index is 9.82. The minimum absolute atomic E-state index is 0.211. The highest BCUT2D eigenvalue weighted by Gasteiger charge is 1.89. The Hall–Kier alpha value is -0.570. The van der Waals surface area contributed by atoms with Gasteiger partial charge in [-0.2, -0.15) is 0 Å². The van der Waals surface area contributed by atoms with Crippen molar-refractivity contribution in [1.29, 1.82) is 0 Å². The number of esters is 1. The standard InChI is InChI=1S/C6H15N.C4H8O2/c1-4-7(5-2)6-3;1-3-6-4(2)5/h4-6H2,1-3H3;3H2,1-2H3. The minimum Gasteiger partial charge on any atom is -0.466 e. The first-order valence-corrected chi connectivity index (χ1v) is 4.97. The third-order valence-electron chi connectivity index (χ3n) is 1.69. The van der Waals surface area contributed by atoms with Gasteiger partial charge in [0.05, 0.1) is 6.61 Å². The fourth-order valence-corrected chi connectivity index (χ4v) is 0.874. The molecule has 3 heteroatoms. The molecule has 0 amide bonds. The van der Waals surface area contributed by atoms with Crippen LogP contribution in [0.4, 0.5) is 0 Å². The molecule has 80 valence electrons. The van der Waals surface area contributed by atoms with Gasteiger partial charge in [0.15, 0.2) is 0 Å². The van der Waals surface area contributed by atoms with Crippen LogP contribution in [0.5, 0.6) is 0 Å². The molecule has 3 nitrogen and oxygen atoms in total. The van der Waals surface area contributed by atoms with Crippen LogP contribution in [-0.2, 0) is 9.53 Å². The third kappa shape index (κ3) is 14.3. The first-order valence-electron chi connectivity index (χ1n) is 4.97. The van der Waals surface area contributed by atoms with Crippen molar-refractivity contribution in [2.45, 2.75) is 34.6 Å². The lowest BCUT2D eigenvalue weighted by atomic mass is 10.5. The first kappa shape index (κ1) is 14.9. The van der Waals surface area contributed by atoms with Crippen molar-refractivity contribution in [1.82, 2.24) is 4.90 Å². The maximum absolute atomic E-state index is 9.82. The van der Waals surface area contributed by atoms with Gasteiger partial charge in [0.2, 0.25) is 0 Å². The van der Waals surface area contributed by atoms with Gasteiger partial charge in [-0.1, -0.05) is 20.8 Å². The molecule has 0 heterocycles. The predicted octanol–water partition coefficient (Wildman–Crippen LogP) is 1.92.